The first-order valence-corrected chi connectivity index (χ1v) is 13.7. The molecule has 0 atom stereocenters. The zero-order valence-corrected chi connectivity index (χ0v) is 24.6. The quantitative estimate of drug-likeness (QED) is 0.0639. The summed E-state index contributed by atoms with van der Waals surface area (Å²) in [7, 11) is 0. The lowest BCUT2D eigenvalue weighted by Gasteiger charge is -1.99. The largest absolute Gasteiger partial charge is 0.330 e. The zero-order chi connectivity index (χ0) is 28.3. The second-order valence-corrected chi connectivity index (χ2v) is 7.44. The van der Waals surface area contributed by atoms with Crippen molar-refractivity contribution < 1.29 is 4.79 Å². The molecule has 0 heterocycles. The third kappa shape index (κ3) is 38.2. The van der Waals surface area contributed by atoms with Crippen molar-refractivity contribution in [3.63, 3.8) is 0 Å². The van der Waals surface area contributed by atoms with E-state index in [0.717, 1.165) is 36.3 Å². The summed E-state index contributed by atoms with van der Waals surface area (Å²) < 4.78 is 0. The number of thiol groups is 1. The maximum absolute atomic E-state index is 11.8. The van der Waals surface area contributed by atoms with Gasteiger partial charge in [-0.25, -0.2) is 0 Å². The number of rotatable bonds is 9. The van der Waals surface area contributed by atoms with Crippen molar-refractivity contribution in [1.82, 2.24) is 0 Å². The Hall–Kier alpha value is -2.53. The predicted molar refractivity (Wildman–Crippen MR) is 172 cm³/mol. The third-order valence-electron chi connectivity index (χ3n) is 3.82. The highest BCUT2D eigenvalue weighted by molar-refractivity contribution is 7.80. The lowest BCUT2D eigenvalue weighted by Crippen LogP contribution is -1.99. The Kier molecular flexibility index (Phi) is 52.3. The lowest BCUT2D eigenvalue weighted by molar-refractivity contribution is 0.103. The van der Waals surface area contributed by atoms with Gasteiger partial charge in [-0.3, -0.25) is 4.79 Å². The van der Waals surface area contributed by atoms with Crippen LogP contribution in [0.5, 0.6) is 0 Å². The Bertz CT molecular complexity index is 667. The fourth-order valence-corrected chi connectivity index (χ4v) is 2.30. The molecule has 0 amide bonds. The lowest BCUT2D eigenvalue weighted by atomic mass is 10.0. The molecule has 2 aromatic rings. The number of carbonyl (C=O) groups excluding carboxylic acids is 1. The molecule has 2 aromatic carbocycles. The number of hydrogen-bond donors (Lipinski definition) is 2. The first-order valence-electron chi connectivity index (χ1n) is 13.1. The van der Waals surface area contributed by atoms with Crippen LogP contribution in [-0.2, 0) is 0 Å². The molecule has 0 spiro atoms. The Morgan fingerprint density at radius 3 is 1.51 bits per heavy atom. The average Bonchev–Trinajstić information content (AvgIpc) is 2.93. The van der Waals surface area contributed by atoms with Gasteiger partial charge in [0.2, 0.25) is 0 Å². The van der Waals surface area contributed by atoms with E-state index in [1.54, 1.807) is 6.08 Å². The SMILES string of the molecule is C.C=CC.CC.CCCCN.CCCCN=[N+]=[N-].CCCCS.O=C(c1ccccc1)c1ccccc1. The Labute approximate surface area is 235 Å². The van der Waals surface area contributed by atoms with E-state index in [2.05, 4.69) is 50.0 Å². The van der Waals surface area contributed by atoms with Crippen molar-refractivity contribution in [1.29, 1.82) is 0 Å². The summed E-state index contributed by atoms with van der Waals surface area (Å²) in [6, 6.07) is 18.6. The van der Waals surface area contributed by atoms with Crippen LogP contribution in [0.3, 0.4) is 0 Å². The summed E-state index contributed by atoms with van der Waals surface area (Å²) in [5, 5.41) is 3.34. The maximum Gasteiger partial charge on any atom is 0.193 e. The monoisotopic (exact) mass is 532 g/mol. The van der Waals surface area contributed by atoms with Crippen molar-refractivity contribution in [2.45, 2.75) is 87.5 Å². The van der Waals surface area contributed by atoms with Gasteiger partial charge in [0.1, 0.15) is 0 Å². The van der Waals surface area contributed by atoms with E-state index in [1.807, 2.05) is 81.4 Å². The Morgan fingerprint density at radius 1 is 0.919 bits per heavy atom. The van der Waals surface area contributed by atoms with Crippen molar-refractivity contribution in [2.24, 2.45) is 10.8 Å². The van der Waals surface area contributed by atoms with E-state index in [4.69, 9.17) is 11.3 Å². The second kappa shape index (κ2) is 43.5. The van der Waals surface area contributed by atoms with Gasteiger partial charge in [0.25, 0.3) is 0 Å². The van der Waals surface area contributed by atoms with Crippen molar-refractivity contribution >= 4 is 18.4 Å². The summed E-state index contributed by atoms with van der Waals surface area (Å²) in [5.41, 5.74) is 14.4. The van der Waals surface area contributed by atoms with Crippen molar-refractivity contribution in [3.8, 4) is 0 Å². The summed E-state index contributed by atoms with van der Waals surface area (Å²) >= 11 is 4.00. The molecule has 0 unspecified atom stereocenters. The molecule has 0 bridgehead atoms. The molecular weight excluding hydrogens is 476 g/mol. The summed E-state index contributed by atoms with van der Waals surface area (Å²) in [6.45, 7) is 17.1. The van der Waals surface area contributed by atoms with E-state index in [0.29, 0.717) is 6.54 Å². The standard InChI is InChI=1S/C13H10O.C4H9N3.C4H11N.C4H10S.C3H6.C2H6.CH4/c14-13(11-7-3-1-4-8-11)12-9-5-2-6-10-12;1-2-3-4-6-7-5;2*1-2-3-4-5;1-3-2;1-2;/h1-10H;2-4H2,1H3;2-5H2,1H3;5H,2-4H2,1H3;3H,1H2,2H3;1-2H3;1H4. The molecule has 0 aliphatic carbocycles. The van der Waals surface area contributed by atoms with Crippen molar-refractivity contribution in [3.05, 3.63) is 94.9 Å². The van der Waals surface area contributed by atoms with Crippen LogP contribution in [0.2, 0.25) is 0 Å². The zero-order valence-electron chi connectivity index (χ0n) is 23.7. The predicted octanol–water partition coefficient (Wildman–Crippen LogP) is 10.3. The summed E-state index contributed by atoms with van der Waals surface area (Å²) in [4.78, 5) is 14.4. The smallest absolute Gasteiger partial charge is 0.193 e. The molecule has 0 aromatic heterocycles. The van der Waals surface area contributed by atoms with Crippen LogP contribution in [0.15, 0.2) is 78.4 Å². The number of benzene rings is 2. The molecule has 2 rings (SSSR count). The Balaban J connectivity index is -0.000000127. The molecule has 0 aliphatic rings. The fraction of sp³-hybridized carbons (Fsp3) is 0.516. The van der Waals surface area contributed by atoms with Gasteiger partial charge < -0.3 is 5.73 Å². The molecule has 212 valence electrons. The van der Waals surface area contributed by atoms with Crippen LogP contribution >= 0.6 is 12.6 Å². The number of nitrogens with zero attached hydrogens (tertiary/aromatic N) is 3. The van der Waals surface area contributed by atoms with Gasteiger partial charge in [-0.1, -0.05) is 133 Å². The van der Waals surface area contributed by atoms with Gasteiger partial charge >= 0.3 is 0 Å². The highest BCUT2D eigenvalue weighted by atomic mass is 32.1. The highest BCUT2D eigenvalue weighted by Crippen LogP contribution is 2.08. The van der Waals surface area contributed by atoms with E-state index >= 15 is 0 Å². The minimum absolute atomic E-state index is 0. The van der Waals surface area contributed by atoms with Gasteiger partial charge in [0.15, 0.2) is 5.78 Å². The summed E-state index contributed by atoms with van der Waals surface area (Å²) in [6.07, 6.45) is 8.76. The average molecular weight is 533 g/mol. The molecular formula is C31H56N4OS. The van der Waals surface area contributed by atoms with E-state index in [1.165, 1.54) is 25.7 Å². The van der Waals surface area contributed by atoms with Crippen LogP contribution in [0.25, 0.3) is 10.4 Å². The molecule has 0 saturated heterocycles. The number of azide groups is 1. The second-order valence-electron chi connectivity index (χ2n) is 7.00. The maximum atomic E-state index is 11.8. The minimum atomic E-state index is 0. The third-order valence-corrected chi connectivity index (χ3v) is 4.13. The number of carbonyl (C=O) groups is 1. The van der Waals surface area contributed by atoms with Gasteiger partial charge in [-0.05, 0) is 44.0 Å². The molecule has 0 aliphatic heterocycles. The number of unbranched alkanes of at least 4 members (excludes halogenated alkanes) is 3. The van der Waals surface area contributed by atoms with E-state index in [9.17, 15) is 4.79 Å². The van der Waals surface area contributed by atoms with Gasteiger partial charge in [-0.15, -0.1) is 6.58 Å². The van der Waals surface area contributed by atoms with Crippen LogP contribution in [0.4, 0.5) is 0 Å². The molecule has 0 radical (unpaired) electrons. The highest BCUT2D eigenvalue weighted by Gasteiger charge is 2.06. The van der Waals surface area contributed by atoms with Gasteiger partial charge in [0, 0.05) is 22.6 Å². The molecule has 37 heavy (non-hydrogen) atoms. The van der Waals surface area contributed by atoms with Crippen LogP contribution in [0, 0.1) is 0 Å². The van der Waals surface area contributed by atoms with Crippen LogP contribution in [-0.4, -0.2) is 24.6 Å². The number of hydrogen-bond acceptors (Lipinski definition) is 4. The molecule has 2 N–H and O–H groups in total. The van der Waals surface area contributed by atoms with Crippen LogP contribution in [0.1, 0.15) is 103 Å². The summed E-state index contributed by atoms with van der Waals surface area (Å²) in [5.74, 6) is 1.11. The number of allylic oxidation sites excluding steroid dienone is 1. The first-order chi connectivity index (χ1) is 17.5. The number of nitrogens with two attached hydrogens (primary N) is 1. The Morgan fingerprint density at radius 2 is 1.30 bits per heavy atom. The van der Waals surface area contributed by atoms with E-state index in [-0.39, 0.29) is 13.2 Å². The number of ketones is 1. The van der Waals surface area contributed by atoms with Gasteiger partial charge in [0.05, 0.1) is 0 Å². The molecule has 0 saturated carbocycles. The molecule has 6 heteroatoms. The molecule has 5 nitrogen and oxygen atoms in total. The van der Waals surface area contributed by atoms with E-state index < -0.39 is 0 Å². The topological polar surface area (TPSA) is 91.8 Å². The van der Waals surface area contributed by atoms with Crippen LogP contribution < -0.4 is 5.73 Å². The molecule has 0 fully saturated rings. The normalized spacial score (nSPS) is 7.89. The first kappa shape index (κ1) is 44.5. The fourth-order valence-electron chi connectivity index (χ4n) is 1.98. The minimum Gasteiger partial charge on any atom is -0.330 e. The van der Waals surface area contributed by atoms with Crippen molar-refractivity contribution in [2.75, 3.05) is 18.8 Å². The van der Waals surface area contributed by atoms with Gasteiger partial charge in [-0.2, -0.15) is 12.6 Å².